The highest BCUT2D eigenvalue weighted by atomic mass is 79.9. The SMILES string of the molecule is C#Cc1nc(-c2ccc(S(=O)(=O)C(C)C)cc2)cnc1N(C(=O)OC(C)(C)C)C(=O)OC(C)(C)C.CC(C)S(=O)(=O)c1ccc(-c2cnc(N(C(=O)OC(C)(C)C)C(=O)OC(C)(C)C)c(C#C[Si](C)(C)C)n2)cc1.CC(C)S(=O)(=O)c1ccc(-c2cnc(N)c(Br)n2)cc1.CC(C)S(=O)(=O)c1ccc(-c2cnc(N)c(C#C[Si](C)(C)C)n2)cc1.CC(C)S(=O)(=O)c1ccc(-c2cnc(N)cn2)cc1.Nc1cnc(Br)cn1. The molecule has 0 aliphatic carbocycles. The fourth-order valence-corrected chi connectivity index (χ4v) is 17.9. The normalized spacial score (nSPS) is 11.9. The number of hydrogen-bond acceptors (Lipinski definition) is 34. The van der Waals surface area contributed by atoms with Crippen LogP contribution in [0.5, 0.6) is 0 Å². The second kappa shape index (κ2) is 50.0. The van der Waals surface area contributed by atoms with E-state index in [9.17, 15) is 61.3 Å². The Hall–Kier alpha value is -12.9. The molecule has 5 aromatic carbocycles. The number of carbonyl (C=O) groups is 4. The van der Waals surface area contributed by atoms with Gasteiger partial charge in [-0.2, -0.15) is 9.80 Å². The molecule has 36 nitrogen and oxygen atoms in total. The molecule has 146 heavy (non-hydrogen) atoms. The van der Waals surface area contributed by atoms with Gasteiger partial charge >= 0.3 is 24.4 Å². The number of sulfone groups is 5. The predicted octanol–water partition coefficient (Wildman–Crippen LogP) is 19.8. The Bertz CT molecular complexity index is 7210. The molecule has 0 radical (unpaired) electrons. The number of terminal acetylenes is 1. The maximum Gasteiger partial charge on any atom is 0.425 e. The number of amides is 4. The molecule has 0 fully saturated rings. The van der Waals surface area contributed by atoms with Crippen LogP contribution in [0.3, 0.4) is 0 Å². The Balaban J connectivity index is 0.000000279. The summed E-state index contributed by atoms with van der Waals surface area (Å²) in [5, 5.41) is -2.46. The number of imide groups is 2. The van der Waals surface area contributed by atoms with Crippen molar-refractivity contribution in [2.45, 2.75) is 265 Å². The highest BCUT2D eigenvalue weighted by Gasteiger charge is 2.39. The Morgan fingerprint density at radius 3 is 0.808 bits per heavy atom. The van der Waals surface area contributed by atoms with Crippen LogP contribution in [-0.4, -0.2) is 191 Å². The second-order valence-corrected chi connectivity index (χ2v) is 63.3. The van der Waals surface area contributed by atoms with E-state index < -0.39 is 138 Å². The van der Waals surface area contributed by atoms with E-state index in [1.54, 1.807) is 274 Å². The highest BCUT2D eigenvalue weighted by Crippen LogP contribution is 2.34. The van der Waals surface area contributed by atoms with Gasteiger partial charge in [0.05, 0.1) is 129 Å². The van der Waals surface area contributed by atoms with E-state index in [-0.39, 0.29) is 32.8 Å². The number of nitrogens with two attached hydrogens (primary N) is 4. The zero-order chi connectivity index (χ0) is 111. The Morgan fingerprint density at radius 2 is 0.562 bits per heavy atom. The average Bonchev–Trinajstić information content (AvgIpc) is 0.787. The van der Waals surface area contributed by atoms with Crippen molar-refractivity contribution in [1.82, 2.24) is 59.8 Å². The minimum atomic E-state index is -3.44. The maximum atomic E-state index is 13.2. The van der Waals surface area contributed by atoms with Crippen LogP contribution in [0.4, 0.5) is 54.1 Å². The van der Waals surface area contributed by atoms with Gasteiger partial charge in [-0.1, -0.05) is 112 Å². The summed E-state index contributed by atoms with van der Waals surface area (Å²) in [6, 6.07) is 32.2. The minimum Gasteiger partial charge on any atom is -0.443 e. The topological polar surface area (TPSA) is 541 Å². The van der Waals surface area contributed by atoms with Gasteiger partial charge in [0.2, 0.25) is 0 Å². The Labute approximate surface area is 875 Å². The van der Waals surface area contributed by atoms with Crippen LogP contribution in [0.1, 0.15) is 169 Å². The number of rotatable bonds is 17. The molecule has 0 aliphatic heterocycles. The van der Waals surface area contributed by atoms with Gasteiger partial charge in [-0.05, 0) is 251 Å². The van der Waals surface area contributed by atoms with E-state index in [1.165, 1.54) is 49.1 Å². The van der Waals surface area contributed by atoms with E-state index in [2.05, 4.69) is 140 Å². The number of aromatic nitrogens is 12. The molecule has 0 atom stereocenters. The van der Waals surface area contributed by atoms with Crippen molar-refractivity contribution in [2.24, 2.45) is 0 Å². The molecule has 11 aromatic rings. The zero-order valence-electron chi connectivity index (χ0n) is 86.8. The molecule has 6 aromatic heterocycles. The predicted molar refractivity (Wildman–Crippen MR) is 582 cm³/mol. The summed E-state index contributed by atoms with van der Waals surface area (Å²) in [4.78, 5) is 105. The largest absolute Gasteiger partial charge is 0.443 e. The van der Waals surface area contributed by atoms with Crippen molar-refractivity contribution in [3.05, 3.63) is 197 Å². The quantitative estimate of drug-likeness (QED) is 0.0374. The molecule has 0 unspecified atom stereocenters. The summed E-state index contributed by atoms with van der Waals surface area (Å²) >= 11 is 6.33. The summed E-state index contributed by atoms with van der Waals surface area (Å²) in [5.74, 6) is 9.45. The molecule has 780 valence electrons. The molecule has 11 rings (SSSR count). The highest BCUT2D eigenvalue weighted by molar-refractivity contribution is 9.10. The van der Waals surface area contributed by atoms with Gasteiger partial charge in [0, 0.05) is 27.8 Å². The third-order valence-corrected chi connectivity index (χ3v) is 32.4. The van der Waals surface area contributed by atoms with Crippen LogP contribution in [0.15, 0.2) is 205 Å². The van der Waals surface area contributed by atoms with Crippen LogP contribution >= 0.6 is 31.9 Å². The fraction of sp³-hybridized carbons (Fsp3) is 0.366. The van der Waals surface area contributed by atoms with Crippen molar-refractivity contribution in [3.8, 4) is 91.6 Å². The average molecular weight is 2260 g/mol. The smallest absolute Gasteiger partial charge is 0.425 e. The standard InChI is InChI=1S/C28H39N3O6SSi.C25H31N3O6S.C18H23N3O2SSi.C13H14BrN3O2S.C13H15N3O2S.C4H4BrN3/c1-19(2)38(34,35)21-14-12-20(13-15-21)23-18-29-24(22(30-23)16-17-39(9,10)11)31(25(32)36-27(3,4)5)26(33)37-28(6,7)8;1-10-19-21(28(22(29)33-24(4,5)6)23(30)34-25(7,8)9)26-15-20(27-19)17-11-13-18(14-12-17)35(31,32)16(2)3;1-13(2)24(22,23)15-8-6-14(7-9-15)17-12-20-18(19)16(21-17)10-11-25(3,4)5;1-8(2)20(18,19)10-5-3-9(4-6-10)11-7-16-13(15)12(14)17-11;1-9(2)19(17,18)11-5-3-10(4-6-11)12-7-16-13(14)8-15-12;5-3-1-8-4(6)2-7-3/h12-15,18-19H,1-11H3;1,11-16H,2-9H3;6-9,12-13H,1-5H3,(H2,19,20);3-8H,1-2H3,(H2,15,16);3-9H,1-2H3,(H2,14,16);1-2H,(H2,6,8). The van der Waals surface area contributed by atoms with Gasteiger partial charge in [-0.3, -0.25) is 4.98 Å². The van der Waals surface area contributed by atoms with Gasteiger partial charge in [0.15, 0.2) is 89.5 Å². The monoisotopic (exact) mass is 2250 g/mol. The van der Waals surface area contributed by atoms with E-state index in [4.69, 9.17) is 48.3 Å². The first-order valence-electron chi connectivity index (χ1n) is 45.3. The minimum absolute atomic E-state index is 0.0884. The molecule has 0 saturated carbocycles. The molecular weight excluding hydrogens is 2130 g/mol. The lowest BCUT2D eigenvalue weighted by Crippen LogP contribution is -2.44. The number of halogens is 2. The third kappa shape index (κ3) is 36.3. The van der Waals surface area contributed by atoms with Crippen molar-refractivity contribution in [1.29, 1.82) is 0 Å². The van der Waals surface area contributed by atoms with Crippen LogP contribution in [0.2, 0.25) is 39.3 Å². The van der Waals surface area contributed by atoms with E-state index in [0.717, 1.165) is 16.7 Å². The Kier molecular flexibility index (Phi) is 41.7. The van der Waals surface area contributed by atoms with Gasteiger partial charge in [-0.15, -0.1) is 17.5 Å². The number of carbonyl (C=O) groups excluding carboxylic acids is 4. The number of anilines is 6. The summed E-state index contributed by atoms with van der Waals surface area (Å²) in [7, 11) is -20.1. The molecule has 45 heteroatoms. The van der Waals surface area contributed by atoms with Gasteiger partial charge in [-0.25, -0.2) is 116 Å². The molecular formula is C101H126Br2N18O18S5Si2. The first-order chi connectivity index (χ1) is 67.1. The van der Waals surface area contributed by atoms with Crippen molar-refractivity contribution in [2.75, 3.05) is 32.7 Å². The van der Waals surface area contributed by atoms with Gasteiger partial charge in [0.25, 0.3) is 0 Å². The molecule has 4 amide bonds. The lowest BCUT2D eigenvalue weighted by molar-refractivity contribution is 0.0406. The molecule has 8 N–H and O–H groups in total. The summed E-state index contributed by atoms with van der Waals surface area (Å²) in [6.45, 7) is 49.0. The second-order valence-electron chi connectivity index (χ2n) is 39.7. The van der Waals surface area contributed by atoms with E-state index >= 15 is 0 Å². The Morgan fingerprint density at radius 1 is 0.322 bits per heavy atom. The first-order valence-corrected chi connectivity index (χ1v) is 61.6. The third-order valence-electron chi connectivity index (χ3n) is 18.8. The van der Waals surface area contributed by atoms with Crippen LogP contribution < -0.4 is 32.7 Å². The fourth-order valence-electron chi connectivity index (χ4n) is 11.2. The van der Waals surface area contributed by atoms with E-state index in [0.29, 0.717) is 102 Å². The summed E-state index contributed by atoms with van der Waals surface area (Å²) in [5.41, 5.74) is 31.5. The van der Waals surface area contributed by atoms with Crippen molar-refractivity contribution < 1.29 is 80.2 Å². The number of ether oxygens (including phenoxy) is 4. The molecule has 0 saturated heterocycles. The molecule has 0 bridgehead atoms. The lowest BCUT2D eigenvalue weighted by Gasteiger charge is -2.28. The van der Waals surface area contributed by atoms with Gasteiger partial charge in [0.1, 0.15) is 59.4 Å². The summed E-state index contributed by atoms with van der Waals surface area (Å²) < 4.78 is 145. The van der Waals surface area contributed by atoms with Gasteiger partial charge < -0.3 is 41.9 Å². The lowest BCUT2D eigenvalue weighted by atomic mass is 10.1. The zero-order valence-corrected chi connectivity index (χ0v) is 96.1. The first kappa shape index (κ1) is 122. The van der Waals surface area contributed by atoms with E-state index in [1.807, 2.05) is 19.6 Å². The van der Waals surface area contributed by atoms with Crippen molar-refractivity contribution in [3.63, 3.8) is 0 Å². The molecule has 6 heterocycles. The summed E-state index contributed by atoms with van der Waals surface area (Å²) in [6.07, 6.45) is 13.6. The number of benzene rings is 5. The number of nitrogen functional groups attached to an aromatic ring is 4. The number of hydrogen-bond donors (Lipinski definition) is 4. The number of nitrogens with zero attached hydrogens (tertiary/aromatic N) is 14. The molecule has 0 spiro atoms. The molecule has 0 aliphatic rings. The van der Waals surface area contributed by atoms with Crippen LogP contribution in [0, 0.1) is 35.3 Å². The van der Waals surface area contributed by atoms with Crippen molar-refractivity contribution >= 4 is 156 Å². The van der Waals surface area contributed by atoms with Crippen LogP contribution in [0.25, 0.3) is 56.3 Å². The van der Waals surface area contributed by atoms with Crippen LogP contribution in [-0.2, 0) is 68.1 Å². The maximum absolute atomic E-state index is 13.2.